The predicted molar refractivity (Wildman–Crippen MR) is 121 cm³/mol. The molecule has 3 rings (SSSR count). The molecule has 1 amide bonds. The number of aliphatic imine (C=N–C) groups is 1. The monoisotopic (exact) mass is 444 g/mol. The van der Waals surface area contributed by atoms with Gasteiger partial charge in [-0.25, -0.2) is 4.99 Å². The Bertz CT molecular complexity index is 1040. The zero-order valence-corrected chi connectivity index (χ0v) is 18.4. The van der Waals surface area contributed by atoms with Crippen LogP contribution >= 0.6 is 23.4 Å². The maximum Gasteiger partial charge on any atom is 0.316 e. The van der Waals surface area contributed by atoms with E-state index < -0.39 is 0 Å². The van der Waals surface area contributed by atoms with Crippen molar-refractivity contribution < 1.29 is 19.1 Å². The fourth-order valence-corrected chi connectivity index (χ4v) is 3.92. The first-order chi connectivity index (χ1) is 14.4. The van der Waals surface area contributed by atoms with Gasteiger partial charge in [0.15, 0.2) is 5.17 Å². The molecule has 2 aromatic rings. The third-order valence-corrected chi connectivity index (χ3v) is 5.40. The molecule has 0 bridgehead atoms. The van der Waals surface area contributed by atoms with Gasteiger partial charge >= 0.3 is 5.97 Å². The number of nitrogens with zero attached hydrogens (tertiary/aromatic N) is 2. The molecule has 0 N–H and O–H groups in total. The summed E-state index contributed by atoms with van der Waals surface area (Å²) in [6, 6.07) is 12.8. The SMILES string of the molecule is CCOC(=O)CSC1=N/C(=C\c2cccc(C)c2)C(=O)N1c1ccc(OC)c(Cl)c1. The number of methoxy groups -OCH3 is 1. The second-order valence-electron chi connectivity index (χ2n) is 6.39. The summed E-state index contributed by atoms with van der Waals surface area (Å²) in [5.41, 5.74) is 2.76. The van der Waals surface area contributed by atoms with E-state index >= 15 is 0 Å². The quantitative estimate of drug-likeness (QED) is 0.477. The van der Waals surface area contributed by atoms with E-state index in [2.05, 4.69) is 4.99 Å². The van der Waals surface area contributed by atoms with Crippen LogP contribution < -0.4 is 9.64 Å². The van der Waals surface area contributed by atoms with Crippen LogP contribution in [0.25, 0.3) is 6.08 Å². The summed E-state index contributed by atoms with van der Waals surface area (Å²) in [7, 11) is 1.52. The Labute approximate surface area is 184 Å². The number of hydrogen-bond donors (Lipinski definition) is 0. The van der Waals surface area contributed by atoms with Gasteiger partial charge in [0, 0.05) is 0 Å². The maximum absolute atomic E-state index is 13.2. The molecule has 8 heteroatoms. The lowest BCUT2D eigenvalue weighted by atomic mass is 10.1. The number of aryl methyl sites for hydroxylation is 1. The molecule has 0 saturated heterocycles. The molecular formula is C22H21ClN2O4S. The van der Waals surface area contributed by atoms with Gasteiger partial charge < -0.3 is 9.47 Å². The van der Waals surface area contributed by atoms with Crippen molar-refractivity contribution in [3.8, 4) is 5.75 Å². The van der Waals surface area contributed by atoms with E-state index in [0.29, 0.717) is 28.2 Å². The minimum absolute atomic E-state index is 0.0397. The summed E-state index contributed by atoms with van der Waals surface area (Å²) in [5, 5.41) is 0.752. The highest BCUT2D eigenvalue weighted by Crippen LogP contribution is 2.34. The van der Waals surface area contributed by atoms with E-state index in [4.69, 9.17) is 21.1 Å². The molecule has 30 heavy (non-hydrogen) atoms. The molecule has 0 unspecified atom stereocenters. The average molecular weight is 445 g/mol. The summed E-state index contributed by atoms with van der Waals surface area (Å²) in [6.45, 7) is 4.02. The Morgan fingerprint density at radius 1 is 1.27 bits per heavy atom. The number of carbonyl (C=O) groups is 2. The van der Waals surface area contributed by atoms with Gasteiger partial charge in [-0.15, -0.1) is 0 Å². The van der Waals surface area contributed by atoms with Crippen LogP contribution in [-0.4, -0.2) is 36.5 Å². The molecule has 0 aromatic heterocycles. The van der Waals surface area contributed by atoms with Crippen LogP contribution in [0, 0.1) is 6.92 Å². The number of thioether (sulfide) groups is 1. The molecule has 0 saturated carbocycles. The molecule has 2 aromatic carbocycles. The van der Waals surface area contributed by atoms with Gasteiger partial charge in [-0.2, -0.15) is 0 Å². The number of esters is 1. The molecule has 1 aliphatic rings. The average Bonchev–Trinajstić information content (AvgIpc) is 3.02. The normalized spacial score (nSPS) is 14.8. The van der Waals surface area contributed by atoms with E-state index in [1.165, 1.54) is 12.0 Å². The van der Waals surface area contributed by atoms with Gasteiger partial charge in [-0.1, -0.05) is 53.2 Å². The van der Waals surface area contributed by atoms with E-state index in [0.717, 1.165) is 22.9 Å². The van der Waals surface area contributed by atoms with Gasteiger partial charge in [-0.05, 0) is 43.7 Å². The van der Waals surface area contributed by atoms with E-state index in [1.807, 2.05) is 31.2 Å². The number of anilines is 1. The van der Waals surface area contributed by atoms with Crippen molar-refractivity contribution >= 4 is 52.2 Å². The minimum atomic E-state index is -0.374. The molecular weight excluding hydrogens is 424 g/mol. The highest BCUT2D eigenvalue weighted by molar-refractivity contribution is 8.14. The summed E-state index contributed by atoms with van der Waals surface area (Å²) in [6.07, 6.45) is 1.73. The molecule has 0 fully saturated rings. The van der Waals surface area contributed by atoms with Crippen LogP contribution in [0.4, 0.5) is 5.69 Å². The number of carbonyl (C=O) groups excluding carboxylic acids is 2. The Morgan fingerprint density at radius 3 is 2.73 bits per heavy atom. The number of benzene rings is 2. The van der Waals surface area contributed by atoms with Crippen LogP contribution in [0.5, 0.6) is 5.75 Å². The lowest BCUT2D eigenvalue weighted by Gasteiger charge is -2.18. The topological polar surface area (TPSA) is 68.2 Å². The smallest absolute Gasteiger partial charge is 0.316 e. The minimum Gasteiger partial charge on any atom is -0.495 e. The third kappa shape index (κ3) is 5.04. The summed E-state index contributed by atoms with van der Waals surface area (Å²) < 4.78 is 10.2. The van der Waals surface area contributed by atoms with Gasteiger partial charge in [0.25, 0.3) is 5.91 Å². The second kappa shape index (κ2) is 9.82. The largest absolute Gasteiger partial charge is 0.495 e. The van der Waals surface area contributed by atoms with E-state index in [1.54, 1.807) is 31.2 Å². The number of ether oxygens (including phenoxy) is 2. The van der Waals surface area contributed by atoms with Crippen molar-refractivity contribution in [2.24, 2.45) is 4.99 Å². The highest BCUT2D eigenvalue weighted by Gasteiger charge is 2.33. The number of amidine groups is 1. The van der Waals surface area contributed by atoms with Crippen LogP contribution in [0.3, 0.4) is 0 Å². The number of amides is 1. The Hall–Kier alpha value is -2.77. The molecule has 0 spiro atoms. The number of rotatable bonds is 6. The standard InChI is InChI=1S/C22H21ClN2O4S/c1-4-29-20(26)13-30-22-24-18(11-15-7-5-6-14(2)10-15)21(27)25(22)16-8-9-19(28-3)17(23)12-16/h5-12H,4,13H2,1-3H3/b18-11-. The fourth-order valence-electron chi connectivity index (χ4n) is 2.86. The van der Waals surface area contributed by atoms with Crippen molar-refractivity contribution in [3.63, 3.8) is 0 Å². The summed E-state index contributed by atoms with van der Waals surface area (Å²) in [4.78, 5) is 30.9. The Morgan fingerprint density at radius 2 is 2.07 bits per heavy atom. The predicted octanol–water partition coefficient (Wildman–Crippen LogP) is 4.70. The molecule has 1 aliphatic heterocycles. The molecule has 1 heterocycles. The zero-order chi connectivity index (χ0) is 21.7. The van der Waals surface area contributed by atoms with Gasteiger partial charge in [0.2, 0.25) is 0 Å². The van der Waals surface area contributed by atoms with Crippen LogP contribution in [0.15, 0.2) is 53.2 Å². The maximum atomic E-state index is 13.2. The molecule has 0 atom stereocenters. The van der Waals surface area contributed by atoms with Crippen LogP contribution in [0.1, 0.15) is 18.1 Å². The van der Waals surface area contributed by atoms with Crippen LogP contribution in [0.2, 0.25) is 5.02 Å². The van der Waals surface area contributed by atoms with Gasteiger partial charge in [0.1, 0.15) is 11.4 Å². The van der Waals surface area contributed by atoms with Crippen molar-refractivity contribution in [2.75, 3.05) is 24.4 Å². The number of halogens is 1. The van der Waals surface area contributed by atoms with Crippen LogP contribution in [-0.2, 0) is 14.3 Å². The lowest BCUT2D eigenvalue weighted by molar-refractivity contribution is -0.139. The molecule has 0 aliphatic carbocycles. The summed E-state index contributed by atoms with van der Waals surface area (Å²) in [5.74, 6) is -0.135. The second-order valence-corrected chi connectivity index (χ2v) is 7.74. The summed E-state index contributed by atoms with van der Waals surface area (Å²) >= 11 is 7.39. The zero-order valence-electron chi connectivity index (χ0n) is 16.8. The van der Waals surface area contributed by atoms with E-state index in [9.17, 15) is 9.59 Å². The van der Waals surface area contributed by atoms with Crippen molar-refractivity contribution in [1.82, 2.24) is 0 Å². The first-order valence-corrected chi connectivity index (χ1v) is 10.6. The molecule has 156 valence electrons. The first-order valence-electron chi connectivity index (χ1n) is 9.26. The number of hydrogen-bond acceptors (Lipinski definition) is 6. The molecule has 6 nitrogen and oxygen atoms in total. The lowest BCUT2D eigenvalue weighted by Crippen LogP contribution is -2.31. The van der Waals surface area contributed by atoms with Gasteiger partial charge in [-0.3, -0.25) is 14.5 Å². The fraction of sp³-hybridized carbons (Fsp3) is 0.227. The third-order valence-electron chi connectivity index (χ3n) is 4.19. The first kappa shape index (κ1) is 21.9. The Kier molecular flexibility index (Phi) is 7.18. The van der Waals surface area contributed by atoms with Crippen molar-refractivity contribution in [3.05, 3.63) is 64.3 Å². The highest BCUT2D eigenvalue weighted by atomic mass is 35.5. The van der Waals surface area contributed by atoms with E-state index in [-0.39, 0.29) is 23.3 Å². The van der Waals surface area contributed by atoms with Crippen molar-refractivity contribution in [2.45, 2.75) is 13.8 Å². The van der Waals surface area contributed by atoms with Crippen molar-refractivity contribution in [1.29, 1.82) is 0 Å². The van der Waals surface area contributed by atoms with Gasteiger partial charge in [0.05, 0.1) is 30.2 Å². The molecule has 0 radical (unpaired) electrons. The Balaban J connectivity index is 1.96.